The van der Waals surface area contributed by atoms with E-state index in [1.54, 1.807) is 0 Å². The average molecular weight is 339 g/mol. The molecule has 1 aliphatic rings. The van der Waals surface area contributed by atoms with Gasteiger partial charge in [0.1, 0.15) is 0 Å². The second kappa shape index (κ2) is 5.99. The van der Waals surface area contributed by atoms with Gasteiger partial charge in [0.15, 0.2) is 0 Å². The van der Waals surface area contributed by atoms with E-state index in [4.69, 9.17) is 11.6 Å². The summed E-state index contributed by atoms with van der Waals surface area (Å²) in [5, 5.41) is 5.01. The first kappa shape index (κ1) is 15.3. The van der Waals surface area contributed by atoms with E-state index in [1.165, 1.54) is 10.9 Å². The van der Waals surface area contributed by atoms with Gasteiger partial charge >= 0.3 is 0 Å². The van der Waals surface area contributed by atoms with Gasteiger partial charge in [0.2, 0.25) is 5.91 Å². The highest BCUT2D eigenvalue weighted by Gasteiger charge is 2.52. The Bertz CT molecular complexity index is 895. The SMILES string of the molecule is O=C(NCCc1c[nH]c2ccccc12)C1(c2ccccc2Cl)CC1. The summed E-state index contributed by atoms with van der Waals surface area (Å²) in [5.74, 6) is 0.0930. The molecule has 1 fully saturated rings. The van der Waals surface area contributed by atoms with E-state index in [1.807, 2.05) is 42.6 Å². The predicted molar refractivity (Wildman–Crippen MR) is 97.4 cm³/mol. The summed E-state index contributed by atoms with van der Waals surface area (Å²) in [4.78, 5) is 16.0. The van der Waals surface area contributed by atoms with Gasteiger partial charge in [0.25, 0.3) is 0 Å². The van der Waals surface area contributed by atoms with Gasteiger partial charge in [-0.25, -0.2) is 0 Å². The molecule has 1 aromatic heterocycles. The number of hydrogen-bond acceptors (Lipinski definition) is 1. The number of para-hydroxylation sites is 1. The minimum absolute atomic E-state index is 0.0930. The lowest BCUT2D eigenvalue weighted by molar-refractivity contribution is -0.123. The van der Waals surface area contributed by atoms with E-state index in [9.17, 15) is 4.79 Å². The smallest absolute Gasteiger partial charge is 0.230 e. The number of carbonyl (C=O) groups excluding carboxylic acids is 1. The van der Waals surface area contributed by atoms with Gasteiger partial charge in [-0.1, -0.05) is 48.0 Å². The van der Waals surface area contributed by atoms with Gasteiger partial charge in [0, 0.05) is 28.7 Å². The van der Waals surface area contributed by atoms with Crippen molar-refractivity contribution in [3.05, 3.63) is 70.9 Å². The highest BCUT2D eigenvalue weighted by atomic mass is 35.5. The van der Waals surface area contributed by atoms with E-state index in [-0.39, 0.29) is 5.91 Å². The maximum atomic E-state index is 12.7. The number of aromatic nitrogens is 1. The van der Waals surface area contributed by atoms with Crippen molar-refractivity contribution < 1.29 is 4.79 Å². The summed E-state index contributed by atoms with van der Waals surface area (Å²) in [6.45, 7) is 0.632. The van der Waals surface area contributed by atoms with Crippen LogP contribution in [0.1, 0.15) is 24.0 Å². The molecule has 0 spiro atoms. The van der Waals surface area contributed by atoms with E-state index in [0.29, 0.717) is 11.6 Å². The average Bonchev–Trinajstić information content (AvgIpc) is 3.31. The van der Waals surface area contributed by atoms with Crippen molar-refractivity contribution in [2.75, 3.05) is 6.54 Å². The van der Waals surface area contributed by atoms with Crippen LogP contribution in [-0.2, 0) is 16.6 Å². The molecule has 4 heteroatoms. The molecular formula is C20H19ClN2O. The van der Waals surface area contributed by atoms with E-state index in [0.717, 1.165) is 30.3 Å². The molecule has 24 heavy (non-hydrogen) atoms. The molecule has 1 aliphatic carbocycles. The normalized spacial score (nSPS) is 15.4. The monoisotopic (exact) mass is 338 g/mol. The van der Waals surface area contributed by atoms with E-state index >= 15 is 0 Å². The summed E-state index contributed by atoms with van der Waals surface area (Å²) < 4.78 is 0. The number of hydrogen-bond donors (Lipinski definition) is 2. The summed E-state index contributed by atoms with van der Waals surface area (Å²) in [7, 11) is 0. The highest BCUT2D eigenvalue weighted by molar-refractivity contribution is 6.31. The van der Waals surface area contributed by atoms with E-state index in [2.05, 4.69) is 22.4 Å². The third-order valence-corrected chi connectivity index (χ3v) is 5.26. The molecule has 0 radical (unpaired) electrons. The van der Waals surface area contributed by atoms with Crippen LogP contribution in [0.2, 0.25) is 5.02 Å². The Morgan fingerprint density at radius 1 is 1.12 bits per heavy atom. The van der Waals surface area contributed by atoms with Crippen molar-refractivity contribution in [3.8, 4) is 0 Å². The Hall–Kier alpha value is -2.26. The summed E-state index contributed by atoms with van der Waals surface area (Å²) >= 11 is 6.29. The quantitative estimate of drug-likeness (QED) is 0.719. The fraction of sp³-hybridized carbons (Fsp3) is 0.250. The molecular weight excluding hydrogens is 320 g/mol. The lowest BCUT2D eigenvalue weighted by Gasteiger charge is -2.17. The molecule has 3 aromatic rings. The minimum atomic E-state index is -0.418. The molecule has 3 nitrogen and oxygen atoms in total. The molecule has 2 aromatic carbocycles. The number of halogens is 1. The van der Waals surface area contributed by atoms with Crippen molar-refractivity contribution in [1.82, 2.24) is 10.3 Å². The van der Waals surface area contributed by atoms with Crippen LogP contribution < -0.4 is 5.32 Å². The lowest BCUT2D eigenvalue weighted by Crippen LogP contribution is -2.36. The maximum absolute atomic E-state index is 12.7. The Labute approximate surface area is 146 Å². The van der Waals surface area contributed by atoms with Crippen molar-refractivity contribution in [1.29, 1.82) is 0 Å². The lowest BCUT2D eigenvalue weighted by atomic mass is 9.95. The minimum Gasteiger partial charge on any atom is -0.361 e. The second-order valence-corrected chi connectivity index (χ2v) is 6.83. The molecule has 1 saturated carbocycles. The number of H-pyrrole nitrogens is 1. The van der Waals surface area contributed by atoms with Crippen LogP contribution in [0.15, 0.2) is 54.7 Å². The number of amides is 1. The number of benzene rings is 2. The molecule has 1 heterocycles. The number of nitrogens with one attached hydrogen (secondary N) is 2. The van der Waals surface area contributed by atoms with Gasteiger partial charge < -0.3 is 10.3 Å². The predicted octanol–water partition coefficient (Wildman–Crippen LogP) is 4.21. The van der Waals surface area contributed by atoms with Crippen LogP contribution in [0.4, 0.5) is 0 Å². The zero-order valence-corrected chi connectivity index (χ0v) is 14.1. The van der Waals surface area contributed by atoms with Crippen molar-refractivity contribution in [2.45, 2.75) is 24.7 Å². The first-order valence-corrected chi connectivity index (χ1v) is 8.67. The van der Waals surface area contributed by atoms with Gasteiger partial charge in [-0.05, 0) is 42.5 Å². The summed E-state index contributed by atoms with van der Waals surface area (Å²) in [6, 6.07) is 15.9. The Balaban J connectivity index is 1.43. The van der Waals surface area contributed by atoms with Crippen molar-refractivity contribution >= 4 is 28.4 Å². The topological polar surface area (TPSA) is 44.9 Å². The fourth-order valence-corrected chi connectivity index (χ4v) is 3.73. The molecule has 0 saturated heterocycles. The molecule has 2 N–H and O–H groups in total. The number of carbonyl (C=O) groups is 1. The highest BCUT2D eigenvalue weighted by Crippen LogP contribution is 2.50. The number of rotatable bonds is 5. The van der Waals surface area contributed by atoms with Crippen LogP contribution in [0.3, 0.4) is 0 Å². The first-order valence-electron chi connectivity index (χ1n) is 8.29. The third kappa shape index (κ3) is 2.59. The molecule has 4 rings (SSSR count). The molecule has 0 atom stereocenters. The zero-order valence-electron chi connectivity index (χ0n) is 13.3. The van der Waals surface area contributed by atoms with Crippen molar-refractivity contribution in [3.63, 3.8) is 0 Å². The first-order chi connectivity index (χ1) is 11.7. The largest absolute Gasteiger partial charge is 0.361 e. The molecule has 0 bridgehead atoms. The van der Waals surface area contributed by atoms with E-state index < -0.39 is 5.41 Å². The van der Waals surface area contributed by atoms with Crippen molar-refractivity contribution in [2.24, 2.45) is 0 Å². The van der Waals surface area contributed by atoms with Crippen LogP contribution in [0, 0.1) is 0 Å². The number of fused-ring (bicyclic) bond motifs is 1. The molecule has 1 amide bonds. The Morgan fingerprint density at radius 2 is 1.88 bits per heavy atom. The Morgan fingerprint density at radius 3 is 2.67 bits per heavy atom. The van der Waals surface area contributed by atoms with Crippen LogP contribution in [0.5, 0.6) is 0 Å². The van der Waals surface area contributed by atoms with Crippen LogP contribution in [0.25, 0.3) is 10.9 Å². The number of aromatic amines is 1. The molecule has 122 valence electrons. The van der Waals surface area contributed by atoms with Gasteiger partial charge in [0.05, 0.1) is 5.41 Å². The van der Waals surface area contributed by atoms with Crippen LogP contribution in [-0.4, -0.2) is 17.4 Å². The van der Waals surface area contributed by atoms with Gasteiger partial charge in [-0.15, -0.1) is 0 Å². The van der Waals surface area contributed by atoms with Crippen LogP contribution >= 0.6 is 11.6 Å². The molecule has 0 aliphatic heterocycles. The standard InChI is InChI=1S/C20H19ClN2O/c21-17-7-3-2-6-16(17)20(10-11-20)19(24)22-12-9-14-13-23-18-8-4-1-5-15(14)18/h1-8,13,23H,9-12H2,(H,22,24). The summed E-state index contributed by atoms with van der Waals surface area (Å²) in [6.07, 6.45) is 4.58. The third-order valence-electron chi connectivity index (χ3n) is 4.93. The maximum Gasteiger partial charge on any atom is 0.230 e. The fourth-order valence-electron chi connectivity index (χ4n) is 3.41. The van der Waals surface area contributed by atoms with Gasteiger partial charge in [-0.3, -0.25) is 4.79 Å². The second-order valence-electron chi connectivity index (χ2n) is 6.43. The van der Waals surface area contributed by atoms with Gasteiger partial charge in [-0.2, -0.15) is 0 Å². The molecule has 0 unspecified atom stereocenters. The Kier molecular flexibility index (Phi) is 3.81. The summed E-state index contributed by atoms with van der Waals surface area (Å²) in [5.41, 5.74) is 2.90. The zero-order chi connectivity index (χ0) is 16.6.